The van der Waals surface area contributed by atoms with Crippen LogP contribution in [0.5, 0.6) is 0 Å². The molecule has 2 aromatic rings. The lowest BCUT2D eigenvalue weighted by Gasteiger charge is -2.33. The number of rotatable bonds is 10. The zero-order chi connectivity index (χ0) is 39.8. The molecule has 5 atom stereocenters. The average Bonchev–Trinajstić information content (AvgIpc) is 3.13. The van der Waals surface area contributed by atoms with Gasteiger partial charge in [0.2, 0.25) is 29.5 Å². The van der Waals surface area contributed by atoms with Gasteiger partial charge in [0.1, 0.15) is 24.2 Å². The predicted molar refractivity (Wildman–Crippen MR) is 188 cm³/mol. The summed E-state index contributed by atoms with van der Waals surface area (Å²) in [6, 6.07) is 8.58. The summed E-state index contributed by atoms with van der Waals surface area (Å²) in [5.41, 5.74) is 6.99. The smallest absolute Gasteiger partial charge is 0.379 e. The van der Waals surface area contributed by atoms with Gasteiger partial charge in [-0.3, -0.25) is 34.7 Å². The van der Waals surface area contributed by atoms with Crippen LogP contribution >= 0.6 is 0 Å². The van der Waals surface area contributed by atoms with Crippen molar-refractivity contribution in [3.63, 3.8) is 0 Å². The van der Waals surface area contributed by atoms with Crippen LogP contribution in [0.25, 0.3) is 0 Å². The fraction of sp³-hybridized carbons (Fsp3) is 0.400. The lowest BCUT2D eigenvalue weighted by atomic mass is 10.0. The van der Waals surface area contributed by atoms with E-state index in [1.54, 1.807) is 60.7 Å². The van der Waals surface area contributed by atoms with Crippen LogP contribution in [0.3, 0.4) is 0 Å². The van der Waals surface area contributed by atoms with E-state index in [9.17, 15) is 48.6 Å². The van der Waals surface area contributed by atoms with Gasteiger partial charge in [0, 0.05) is 26.9 Å². The molecule has 0 radical (unpaired) electrons. The number of amides is 7. The second-order valence-electron chi connectivity index (χ2n) is 12.5. The molecule has 0 saturated carbocycles. The number of nitrogens with one attached hydrogen (secondary N) is 7. The summed E-state index contributed by atoms with van der Waals surface area (Å²) in [7, 11) is 2.69. The molecule has 0 aliphatic carbocycles. The van der Waals surface area contributed by atoms with Crippen molar-refractivity contribution in [2.24, 2.45) is 5.73 Å². The summed E-state index contributed by atoms with van der Waals surface area (Å²) in [4.78, 5) is 108. The zero-order valence-corrected chi connectivity index (χ0v) is 29.8. The lowest BCUT2D eigenvalue weighted by Crippen LogP contribution is -2.79. The van der Waals surface area contributed by atoms with Gasteiger partial charge in [0.05, 0.1) is 31.4 Å². The van der Waals surface area contributed by atoms with E-state index in [1.165, 1.54) is 14.1 Å². The molecule has 19 heteroatoms. The average molecular weight is 752 g/mol. The van der Waals surface area contributed by atoms with E-state index in [0.717, 1.165) is 4.90 Å². The number of likely N-dealkylation sites (N-methyl/N-ethyl adjacent to an activating group) is 1. The molecule has 0 spiro atoms. The van der Waals surface area contributed by atoms with E-state index in [4.69, 9.17) is 5.73 Å². The first-order valence-electron chi connectivity index (χ1n) is 17.0. The first-order chi connectivity index (χ1) is 25.7. The molecule has 1 aliphatic rings. The number of carboxylic acid groups (broad SMARTS) is 2. The summed E-state index contributed by atoms with van der Waals surface area (Å²) < 4.78 is 0. The van der Waals surface area contributed by atoms with Crippen molar-refractivity contribution < 1.29 is 53.6 Å². The summed E-state index contributed by atoms with van der Waals surface area (Å²) >= 11 is 0. The normalized spacial score (nSPS) is 22.1. The van der Waals surface area contributed by atoms with E-state index in [2.05, 4.69) is 36.9 Å². The minimum Gasteiger partial charge on any atom is -0.548 e. The minimum atomic E-state index is -1.96. The first-order valence-corrected chi connectivity index (χ1v) is 17.0. The molecule has 19 nitrogen and oxygen atoms in total. The number of carbonyl (C=O) groups is 8. The van der Waals surface area contributed by atoms with Crippen LogP contribution < -0.4 is 47.7 Å². The maximum atomic E-state index is 14.3. The van der Waals surface area contributed by atoms with Crippen LogP contribution in [0, 0.1) is 0 Å². The third-order valence-electron chi connectivity index (χ3n) is 8.41. The minimum absolute atomic E-state index is 0.0535. The van der Waals surface area contributed by atoms with Crippen LogP contribution in [-0.4, -0.2) is 114 Å². The summed E-state index contributed by atoms with van der Waals surface area (Å²) in [5.74, 6) is -8.22. The summed E-state index contributed by atoms with van der Waals surface area (Å²) in [6.07, 6.45) is -1.89. The first kappa shape index (κ1) is 41.9. The quantitative estimate of drug-likeness (QED) is 0.0629. The van der Waals surface area contributed by atoms with Crippen LogP contribution in [0.2, 0.25) is 0 Å². The van der Waals surface area contributed by atoms with Crippen molar-refractivity contribution in [2.45, 2.75) is 68.7 Å². The molecular weight excluding hydrogens is 706 g/mol. The van der Waals surface area contributed by atoms with Crippen LogP contribution in [0.4, 0.5) is 4.79 Å². The third kappa shape index (κ3) is 13.2. The fourth-order valence-corrected chi connectivity index (χ4v) is 5.53. The number of hydrogen-bond donors (Lipinski definition) is 9. The number of benzene rings is 2. The van der Waals surface area contributed by atoms with Gasteiger partial charge in [-0.1, -0.05) is 60.7 Å². The summed E-state index contributed by atoms with van der Waals surface area (Å²) in [5, 5.41) is 36.0. The van der Waals surface area contributed by atoms with Gasteiger partial charge < -0.3 is 46.5 Å². The molecule has 54 heavy (non-hydrogen) atoms. The van der Waals surface area contributed by atoms with Gasteiger partial charge in [-0.15, -0.1) is 0 Å². The Bertz CT molecular complexity index is 1710. The molecule has 7 amide bonds. The van der Waals surface area contributed by atoms with Crippen LogP contribution in [-0.2, 0) is 46.4 Å². The molecule has 10 N–H and O–H groups in total. The van der Waals surface area contributed by atoms with Crippen LogP contribution in [0.15, 0.2) is 60.7 Å². The molecule has 1 heterocycles. The topological polar surface area (TPSA) is 295 Å². The van der Waals surface area contributed by atoms with E-state index in [1.807, 2.05) is 0 Å². The second kappa shape index (κ2) is 20.5. The number of aliphatic carboxylic acids is 2. The molecule has 3 rings (SSSR count). The monoisotopic (exact) mass is 751 g/mol. The molecule has 0 aromatic heterocycles. The highest BCUT2D eigenvalue weighted by atomic mass is 16.4. The molecule has 1 saturated heterocycles. The largest absolute Gasteiger partial charge is 0.548 e. The third-order valence-corrected chi connectivity index (χ3v) is 8.41. The number of hydrogen-bond acceptors (Lipinski definition) is 9. The number of nitrogens with two attached hydrogens (primary N) is 1. The highest BCUT2D eigenvalue weighted by Crippen LogP contribution is 2.14. The zero-order valence-electron chi connectivity index (χ0n) is 29.8. The van der Waals surface area contributed by atoms with Gasteiger partial charge in [-0.2, -0.15) is 5.32 Å². The van der Waals surface area contributed by atoms with Gasteiger partial charge in [0.25, 0.3) is 0 Å². The van der Waals surface area contributed by atoms with E-state index < -0.39 is 90.6 Å². The number of nitrogens with zero attached hydrogens (tertiary/aromatic N) is 1. The number of urea groups is 1. The van der Waals surface area contributed by atoms with E-state index in [0.29, 0.717) is 11.1 Å². The van der Waals surface area contributed by atoms with Gasteiger partial charge >= 0.3 is 18.0 Å². The van der Waals surface area contributed by atoms with Gasteiger partial charge in [0.15, 0.2) is 0 Å². The Labute approximate surface area is 310 Å². The second-order valence-corrected chi connectivity index (χ2v) is 12.5. The van der Waals surface area contributed by atoms with Crippen molar-refractivity contribution in [1.82, 2.24) is 36.8 Å². The standard InChI is InChI=1S/C35H45N9O10/c1-37-35(54)43-34(36)38-15-9-14-22-31(49)44(2)26(17-21-12-7-4-8-13-21)30(48)42-25(33(52)53)19-28(46)40-24(32(50)51)18-27(45)39-23(29(47)41-22)16-20-10-5-3-6-11-20/h3-8,10-13,22-26H,9,14-19H2,1-2H3,(H,39,45)(H,40,46)(H,41,47)(H,42,48)(H,50,51)(H,52,53)(H4,36,37,38,43,54)/t22-,23+,24-,25-,26-/m0/s1. The molecule has 2 aromatic carbocycles. The maximum absolute atomic E-state index is 14.3. The van der Waals surface area contributed by atoms with Crippen molar-refractivity contribution in [3.05, 3.63) is 71.8 Å². The Morgan fingerprint density at radius 1 is 0.833 bits per heavy atom. The number of carboxylic acids is 2. The molecule has 0 unspecified atom stereocenters. The van der Waals surface area contributed by atoms with Crippen molar-refractivity contribution in [2.75, 3.05) is 20.6 Å². The summed E-state index contributed by atoms with van der Waals surface area (Å²) in [6.45, 7) is 0.113. The molecule has 0 bridgehead atoms. The highest BCUT2D eigenvalue weighted by molar-refractivity contribution is 5.97. The van der Waals surface area contributed by atoms with Gasteiger partial charge in [-0.25, -0.2) is 9.59 Å². The number of carbonyl (C=O) groups excluding carboxylic acids is 7. The van der Waals surface area contributed by atoms with Crippen molar-refractivity contribution in [3.8, 4) is 0 Å². The lowest BCUT2D eigenvalue weighted by molar-refractivity contribution is -0.460. The fourth-order valence-electron chi connectivity index (χ4n) is 5.53. The maximum Gasteiger partial charge on any atom is 0.379 e. The Hall–Kier alpha value is -6.53. The highest BCUT2D eigenvalue weighted by Gasteiger charge is 2.36. The predicted octanol–water partition coefficient (Wildman–Crippen LogP) is -5.03. The molecule has 1 aliphatic heterocycles. The van der Waals surface area contributed by atoms with E-state index >= 15 is 0 Å². The molecule has 1 fully saturated rings. The molecule has 290 valence electrons. The molecular formula is C35H45N9O10. The van der Waals surface area contributed by atoms with E-state index in [-0.39, 0.29) is 38.2 Å². The van der Waals surface area contributed by atoms with Gasteiger partial charge in [-0.05, 0) is 24.0 Å². The SMILES string of the molecule is CNC(=O)NC(N)=[NH+]CCC[C@@H]1NC(=O)[C@@H](Cc2ccccc2)NC(=O)C[C@@H](C(=O)O)NC(=O)C[C@@H](C(=O)[O-])NC(=O)[C@H](Cc2ccccc2)N(C)C1=O. The Balaban J connectivity index is 2.07. The Kier molecular flexibility index (Phi) is 15.9. The van der Waals surface area contributed by atoms with Crippen LogP contribution in [0.1, 0.15) is 36.8 Å². The van der Waals surface area contributed by atoms with Crippen molar-refractivity contribution in [1.29, 1.82) is 0 Å². The van der Waals surface area contributed by atoms with Crippen molar-refractivity contribution >= 4 is 53.5 Å². The Morgan fingerprint density at radius 2 is 1.41 bits per heavy atom. The number of guanidine groups is 1. The Morgan fingerprint density at radius 3 is 1.98 bits per heavy atom.